The summed E-state index contributed by atoms with van der Waals surface area (Å²) in [4.78, 5) is 45.8. The van der Waals surface area contributed by atoms with Gasteiger partial charge in [0.1, 0.15) is 27.8 Å². The smallest absolute Gasteiger partial charge is 0.357 e. The number of nitrogens with zero attached hydrogens (tertiary/aromatic N) is 1. The fourth-order valence-corrected chi connectivity index (χ4v) is 5.41. The lowest BCUT2D eigenvalue weighted by molar-refractivity contribution is 0.0253. The highest BCUT2D eigenvalue weighted by Crippen LogP contribution is 2.54. The molecule has 38 heavy (non-hydrogen) atoms. The number of fused-ring (bicyclic) bond motifs is 2. The van der Waals surface area contributed by atoms with Crippen LogP contribution in [-0.4, -0.2) is 48.4 Å². The minimum absolute atomic E-state index is 0.0443. The van der Waals surface area contributed by atoms with Crippen molar-refractivity contribution in [3.8, 4) is 28.4 Å². The zero-order valence-electron chi connectivity index (χ0n) is 21.6. The molecule has 8 nitrogen and oxygen atoms in total. The van der Waals surface area contributed by atoms with Crippen LogP contribution < -0.4 is 14.2 Å². The van der Waals surface area contributed by atoms with Crippen molar-refractivity contribution in [2.24, 2.45) is 5.92 Å². The van der Waals surface area contributed by atoms with Crippen LogP contribution >= 0.6 is 11.6 Å². The third-order valence-corrected chi connectivity index (χ3v) is 7.27. The van der Waals surface area contributed by atoms with Gasteiger partial charge < -0.3 is 18.9 Å². The number of hydrogen-bond donors (Lipinski definition) is 0. The summed E-state index contributed by atoms with van der Waals surface area (Å²) in [6.07, 6.45) is -0.149. The molecular formula is C29H26ClNO7. The Labute approximate surface area is 224 Å². The van der Waals surface area contributed by atoms with Gasteiger partial charge in [0.25, 0.3) is 0 Å². The molecule has 9 heteroatoms. The van der Waals surface area contributed by atoms with Gasteiger partial charge >= 0.3 is 5.97 Å². The SMILES string of the molecule is COc1cc(OC)c2c(c1Cl)OC1(C(=O)c3c(-c4ccccc4)cc(C(=O)OC(C)C)nc3CC1C)C2=O. The summed E-state index contributed by atoms with van der Waals surface area (Å²) < 4.78 is 22.4. The van der Waals surface area contributed by atoms with Crippen LogP contribution in [0.15, 0.2) is 42.5 Å². The van der Waals surface area contributed by atoms with Crippen molar-refractivity contribution in [2.45, 2.75) is 38.9 Å². The van der Waals surface area contributed by atoms with Crippen molar-refractivity contribution in [3.05, 3.63) is 70.0 Å². The number of rotatable bonds is 5. The minimum Gasteiger partial charge on any atom is -0.496 e. The van der Waals surface area contributed by atoms with E-state index in [9.17, 15) is 14.4 Å². The van der Waals surface area contributed by atoms with Crippen molar-refractivity contribution in [3.63, 3.8) is 0 Å². The van der Waals surface area contributed by atoms with Gasteiger partial charge in [0, 0.05) is 12.0 Å². The summed E-state index contributed by atoms with van der Waals surface area (Å²) in [5, 5.41) is 0.0764. The van der Waals surface area contributed by atoms with Crippen molar-refractivity contribution in [2.75, 3.05) is 14.2 Å². The third-order valence-electron chi connectivity index (χ3n) is 6.91. The van der Waals surface area contributed by atoms with Crippen molar-refractivity contribution in [1.29, 1.82) is 0 Å². The van der Waals surface area contributed by atoms with Gasteiger partial charge in [-0.1, -0.05) is 48.9 Å². The van der Waals surface area contributed by atoms with Crippen LogP contribution in [-0.2, 0) is 11.2 Å². The van der Waals surface area contributed by atoms with Gasteiger partial charge in [-0.15, -0.1) is 0 Å². The summed E-state index contributed by atoms with van der Waals surface area (Å²) in [7, 11) is 2.85. The third kappa shape index (κ3) is 3.74. The molecule has 2 aromatic carbocycles. The molecule has 2 heterocycles. The van der Waals surface area contributed by atoms with Crippen molar-refractivity contribution in [1.82, 2.24) is 4.98 Å². The largest absolute Gasteiger partial charge is 0.496 e. The number of Topliss-reactive ketones (excluding diaryl/α,β-unsaturated/α-hetero) is 2. The summed E-state index contributed by atoms with van der Waals surface area (Å²) in [6.45, 7) is 5.24. The number of ketones is 2. The second kappa shape index (κ2) is 9.44. The maximum absolute atomic E-state index is 14.4. The summed E-state index contributed by atoms with van der Waals surface area (Å²) in [5.74, 6) is -1.83. The number of carbonyl (C=O) groups is 3. The molecule has 0 bridgehead atoms. The van der Waals surface area contributed by atoms with Crippen LogP contribution in [0.1, 0.15) is 57.7 Å². The number of hydrogen-bond acceptors (Lipinski definition) is 8. The Hall–Kier alpha value is -3.91. The van der Waals surface area contributed by atoms with Crippen LogP contribution in [0.2, 0.25) is 5.02 Å². The van der Waals surface area contributed by atoms with Crippen LogP contribution in [0, 0.1) is 5.92 Å². The Bertz CT molecular complexity index is 1480. The first kappa shape index (κ1) is 25.7. The summed E-state index contributed by atoms with van der Waals surface area (Å²) >= 11 is 6.54. The molecule has 0 fully saturated rings. The minimum atomic E-state index is -1.89. The highest BCUT2D eigenvalue weighted by atomic mass is 35.5. The van der Waals surface area contributed by atoms with Gasteiger partial charge in [-0.05, 0) is 37.5 Å². The second-order valence-corrected chi connectivity index (χ2v) is 9.98. The van der Waals surface area contributed by atoms with Crippen LogP contribution in [0.4, 0.5) is 0 Å². The number of methoxy groups -OCH3 is 2. The van der Waals surface area contributed by atoms with E-state index in [1.165, 1.54) is 26.4 Å². The first-order valence-electron chi connectivity index (χ1n) is 12.2. The topological polar surface area (TPSA) is 101 Å². The fraction of sp³-hybridized carbons (Fsp3) is 0.310. The second-order valence-electron chi connectivity index (χ2n) is 9.60. The van der Waals surface area contributed by atoms with Gasteiger partial charge in [0.05, 0.1) is 31.6 Å². The highest BCUT2D eigenvalue weighted by molar-refractivity contribution is 6.36. The lowest BCUT2D eigenvalue weighted by Crippen LogP contribution is -2.57. The molecule has 0 radical (unpaired) electrons. The average Bonchev–Trinajstić information content (AvgIpc) is 3.22. The molecule has 196 valence electrons. The molecule has 1 spiro atoms. The Kier molecular flexibility index (Phi) is 6.39. The van der Waals surface area contributed by atoms with Crippen molar-refractivity contribution < 1.29 is 33.3 Å². The Morgan fingerprint density at radius 3 is 2.34 bits per heavy atom. The number of carbonyl (C=O) groups excluding carboxylic acids is 3. The molecule has 5 rings (SSSR count). The number of aromatic nitrogens is 1. The fourth-order valence-electron chi connectivity index (χ4n) is 5.14. The molecule has 3 aromatic rings. The van der Waals surface area contributed by atoms with E-state index in [0.717, 1.165) is 0 Å². The highest BCUT2D eigenvalue weighted by Gasteiger charge is 2.62. The quantitative estimate of drug-likeness (QED) is 0.317. The number of benzene rings is 2. The molecule has 0 saturated carbocycles. The summed E-state index contributed by atoms with van der Waals surface area (Å²) in [6, 6.07) is 12.2. The molecule has 0 amide bonds. The first-order valence-corrected chi connectivity index (χ1v) is 12.5. The molecule has 0 N–H and O–H groups in total. The van der Waals surface area contributed by atoms with Gasteiger partial charge in [-0.3, -0.25) is 9.59 Å². The number of pyridine rings is 1. The number of esters is 1. The lowest BCUT2D eigenvalue weighted by atomic mass is 9.69. The Balaban J connectivity index is 1.72. The maximum atomic E-state index is 14.4. The van der Waals surface area contributed by atoms with Crippen LogP contribution in [0.25, 0.3) is 11.1 Å². The predicted molar refractivity (Wildman–Crippen MR) is 140 cm³/mol. The van der Waals surface area contributed by atoms with Crippen LogP contribution in [0.5, 0.6) is 17.2 Å². The number of ether oxygens (including phenoxy) is 4. The van der Waals surface area contributed by atoms with Gasteiger partial charge in [-0.2, -0.15) is 0 Å². The van der Waals surface area contributed by atoms with E-state index in [-0.39, 0.29) is 51.6 Å². The molecular weight excluding hydrogens is 510 g/mol. The van der Waals surface area contributed by atoms with E-state index in [1.54, 1.807) is 20.8 Å². The lowest BCUT2D eigenvalue weighted by Gasteiger charge is -2.37. The Morgan fingerprint density at radius 1 is 1.05 bits per heavy atom. The molecule has 1 aliphatic heterocycles. The van der Waals surface area contributed by atoms with Crippen LogP contribution in [0.3, 0.4) is 0 Å². The molecule has 2 atom stereocenters. The Morgan fingerprint density at radius 2 is 1.71 bits per heavy atom. The monoisotopic (exact) mass is 535 g/mol. The normalized spacial score (nSPS) is 19.7. The van der Waals surface area contributed by atoms with E-state index in [1.807, 2.05) is 30.3 Å². The van der Waals surface area contributed by atoms with Gasteiger partial charge in [0.15, 0.2) is 5.75 Å². The molecule has 0 saturated heterocycles. The predicted octanol–water partition coefficient (Wildman–Crippen LogP) is 5.37. The molecule has 2 unspecified atom stereocenters. The molecule has 2 aliphatic rings. The first-order chi connectivity index (χ1) is 18.1. The number of halogens is 1. The molecule has 1 aliphatic carbocycles. The summed E-state index contributed by atoms with van der Waals surface area (Å²) in [5.41, 5.74) is 0.0569. The molecule has 1 aromatic heterocycles. The van der Waals surface area contributed by atoms with E-state index in [2.05, 4.69) is 4.98 Å². The van der Waals surface area contributed by atoms with E-state index in [4.69, 9.17) is 30.5 Å². The maximum Gasteiger partial charge on any atom is 0.357 e. The average molecular weight is 536 g/mol. The van der Waals surface area contributed by atoms with Gasteiger partial charge in [-0.25, -0.2) is 9.78 Å². The van der Waals surface area contributed by atoms with Gasteiger partial charge in [0.2, 0.25) is 17.2 Å². The standard InChI is InChI=1S/C29H26ClNO7/c1-14(2)37-28(34)19-12-17(16-9-7-6-8-10-16)22-18(31-19)11-15(3)29(26(22)32)27(33)23-20(35-4)13-21(36-5)24(30)25(23)38-29/h6-10,12-15H,11H2,1-5H3. The zero-order valence-corrected chi connectivity index (χ0v) is 22.3. The van der Waals surface area contributed by atoms with E-state index >= 15 is 0 Å². The van der Waals surface area contributed by atoms with E-state index in [0.29, 0.717) is 16.8 Å². The zero-order chi connectivity index (χ0) is 27.4. The van der Waals surface area contributed by atoms with Crippen molar-refractivity contribution >= 4 is 29.1 Å². The van der Waals surface area contributed by atoms with E-state index < -0.39 is 29.1 Å².